The van der Waals surface area contributed by atoms with E-state index in [1.807, 2.05) is 0 Å². The summed E-state index contributed by atoms with van der Waals surface area (Å²) in [5.41, 5.74) is 2.23. The fourth-order valence-corrected chi connectivity index (χ4v) is 6.92. The number of urea groups is 1. The molecule has 212 valence electrons. The topological polar surface area (TPSA) is 104 Å². The van der Waals surface area contributed by atoms with Crippen LogP contribution in [0.25, 0.3) is 27.3 Å². The number of benzene rings is 2. The molecule has 2 aromatic heterocycles. The van der Waals surface area contributed by atoms with Crippen molar-refractivity contribution < 1.29 is 23.1 Å². The Labute approximate surface area is 248 Å². The molecule has 3 amide bonds. The third kappa shape index (κ3) is 4.45. The van der Waals surface area contributed by atoms with Crippen LogP contribution in [0.5, 0.6) is 5.75 Å². The molecule has 0 bridgehead atoms. The number of pyridine rings is 1. The van der Waals surface area contributed by atoms with Gasteiger partial charge in [-0.05, 0) is 42.5 Å². The number of rotatable bonds is 6. The largest absolute Gasteiger partial charge is 0.494 e. The van der Waals surface area contributed by atoms with Crippen molar-refractivity contribution in [1.29, 1.82) is 5.26 Å². The molecule has 42 heavy (non-hydrogen) atoms. The minimum atomic E-state index is -0.774. The molecule has 2 unspecified atom stereocenters. The smallest absolute Gasteiger partial charge is 0.332 e. The normalized spacial score (nSPS) is 18.3. The van der Waals surface area contributed by atoms with Crippen LogP contribution in [0.3, 0.4) is 0 Å². The maximum Gasteiger partial charge on any atom is 0.332 e. The number of anilines is 1. The van der Waals surface area contributed by atoms with E-state index in [2.05, 4.69) is 16.0 Å². The van der Waals surface area contributed by atoms with Crippen molar-refractivity contribution in [1.82, 2.24) is 19.4 Å². The first-order valence-corrected chi connectivity index (χ1v) is 14.0. The second-order valence-corrected chi connectivity index (χ2v) is 11.2. The van der Waals surface area contributed by atoms with Gasteiger partial charge in [-0.3, -0.25) is 9.78 Å². The van der Waals surface area contributed by atoms with Gasteiger partial charge >= 0.3 is 6.03 Å². The van der Waals surface area contributed by atoms with Crippen LogP contribution in [0.15, 0.2) is 54.9 Å². The molecular weight excluding hydrogens is 586 g/mol. The van der Waals surface area contributed by atoms with Crippen LogP contribution in [-0.4, -0.2) is 56.3 Å². The minimum Gasteiger partial charge on any atom is -0.494 e. The monoisotopic (exact) mass is 606 g/mol. The molecule has 4 heterocycles. The fraction of sp³-hybridized carbons (Fsp3) is 0.207. The van der Waals surface area contributed by atoms with Gasteiger partial charge in [0, 0.05) is 29.6 Å². The average Bonchev–Trinajstić information content (AvgIpc) is 3.56. The quantitative estimate of drug-likeness (QED) is 0.274. The van der Waals surface area contributed by atoms with E-state index in [1.54, 1.807) is 29.8 Å². The van der Waals surface area contributed by atoms with E-state index in [9.17, 15) is 23.6 Å². The summed E-state index contributed by atoms with van der Waals surface area (Å²) in [4.78, 5) is 40.1. The zero-order valence-electron chi connectivity index (χ0n) is 22.2. The summed E-state index contributed by atoms with van der Waals surface area (Å²) in [6.07, 6.45) is 4.73. The summed E-state index contributed by atoms with van der Waals surface area (Å²) < 4.78 is 34.7. The van der Waals surface area contributed by atoms with Crippen molar-refractivity contribution >= 4 is 56.9 Å². The average molecular weight is 607 g/mol. The number of aromatic nitrogens is 3. The van der Waals surface area contributed by atoms with E-state index in [1.165, 1.54) is 54.4 Å². The van der Waals surface area contributed by atoms with Gasteiger partial charge in [0.25, 0.3) is 5.91 Å². The number of imidazole rings is 1. The van der Waals surface area contributed by atoms with Crippen molar-refractivity contribution in [2.24, 2.45) is 7.05 Å². The Morgan fingerprint density at radius 2 is 1.93 bits per heavy atom. The molecule has 9 nitrogen and oxygen atoms in total. The van der Waals surface area contributed by atoms with Crippen LogP contribution < -0.4 is 9.64 Å². The Balaban J connectivity index is 1.44. The number of thioether (sulfide) groups is 1. The summed E-state index contributed by atoms with van der Waals surface area (Å²) >= 11 is 7.58. The van der Waals surface area contributed by atoms with Gasteiger partial charge in [-0.15, -0.1) is 11.8 Å². The molecule has 2 aliphatic heterocycles. The number of halogens is 3. The first-order valence-electron chi connectivity index (χ1n) is 12.7. The first kappa shape index (κ1) is 27.7. The molecule has 0 N–H and O–H groups in total. The van der Waals surface area contributed by atoms with Crippen molar-refractivity contribution in [2.75, 3.05) is 18.6 Å². The van der Waals surface area contributed by atoms with Gasteiger partial charge in [-0.1, -0.05) is 11.6 Å². The Morgan fingerprint density at radius 1 is 1.17 bits per heavy atom. The lowest BCUT2D eigenvalue weighted by molar-refractivity contribution is -0.119. The number of nitrogens with zero attached hydrogens (tertiary/aromatic N) is 6. The molecule has 6 rings (SSSR count). The molecule has 0 aliphatic carbocycles. The van der Waals surface area contributed by atoms with Crippen LogP contribution in [-0.2, 0) is 11.8 Å². The van der Waals surface area contributed by atoms with Gasteiger partial charge in [-0.25, -0.2) is 23.5 Å². The third-order valence-corrected chi connectivity index (χ3v) is 8.88. The highest BCUT2D eigenvalue weighted by atomic mass is 35.5. The first-order chi connectivity index (χ1) is 20.2. The second kappa shape index (κ2) is 10.7. The highest BCUT2D eigenvalue weighted by molar-refractivity contribution is 8.09. The molecule has 0 radical (unpaired) electrons. The molecule has 2 aliphatic rings. The molecule has 0 spiro atoms. The number of aryl methyl sites for hydroxylation is 1. The Kier molecular flexibility index (Phi) is 7.08. The van der Waals surface area contributed by atoms with Gasteiger partial charge < -0.3 is 14.2 Å². The van der Waals surface area contributed by atoms with Crippen LogP contribution >= 0.6 is 23.4 Å². The maximum absolute atomic E-state index is 14.2. The second-order valence-electron chi connectivity index (χ2n) is 9.61. The lowest BCUT2D eigenvalue weighted by Crippen LogP contribution is -2.62. The Bertz CT molecular complexity index is 1840. The molecular formula is C29H21ClF2N6O3S. The SMILES string of the molecule is COc1cc(C2=CC3C(S2)C(=O)N(c2cncc4nc(-c5ccc(F)cc5)n(C)c24)C(=O)N3CCC#N)c(Cl)cc1F. The summed E-state index contributed by atoms with van der Waals surface area (Å²) in [7, 11) is 3.07. The van der Waals surface area contributed by atoms with Crippen molar-refractivity contribution in [2.45, 2.75) is 17.7 Å². The van der Waals surface area contributed by atoms with Crippen molar-refractivity contribution in [3.8, 4) is 23.2 Å². The van der Waals surface area contributed by atoms with Crippen LogP contribution in [0.2, 0.25) is 5.02 Å². The molecule has 2 atom stereocenters. The van der Waals surface area contributed by atoms with Crippen molar-refractivity contribution in [3.05, 3.63) is 77.1 Å². The molecule has 2 aromatic carbocycles. The number of carbonyl (C=O) groups is 2. The van der Waals surface area contributed by atoms with Gasteiger partial charge in [0.2, 0.25) is 0 Å². The zero-order valence-corrected chi connectivity index (χ0v) is 23.8. The number of nitriles is 1. The summed E-state index contributed by atoms with van der Waals surface area (Å²) in [5.74, 6) is -1.02. The molecule has 4 aromatic rings. The predicted molar refractivity (Wildman–Crippen MR) is 155 cm³/mol. The highest BCUT2D eigenvalue weighted by Crippen LogP contribution is 2.48. The van der Waals surface area contributed by atoms with E-state index in [4.69, 9.17) is 16.3 Å². The number of methoxy groups -OCH3 is 1. The van der Waals surface area contributed by atoms with Gasteiger partial charge in [0.1, 0.15) is 22.4 Å². The maximum atomic E-state index is 14.2. The number of amides is 3. The summed E-state index contributed by atoms with van der Waals surface area (Å²) in [5, 5.41) is 8.67. The standard InChI is InChI=1S/C29H21ClF2N6O3S/c1-36-25-20(35-27(36)15-4-6-16(31)7-5-15)13-34-14-22(25)38-28(39)26-21(37(29(38)40)9-3-8-33)12-24(42-26)17-10-23(41-2)19(32)11-18(17)30/h4-7,10-14,21,26H,3,9H2,1-2H3. The highest BCUT2D eigenvalue weighted by Gasteiger charge is 2.50. The summed E-state index contributed by atoms with van der Waals surface area (Å²) in [6, 6.07) is 9.19. The summed E-state index contributed by atoms with van der Waals surface area (Å²) in [6.45, 7) is 0.0702. The lowest BCUT2D eigenvalue weighted by Gasteiger charge is -2.40. The number of carbonyl (C=O) groups excluding carboxylic acids is 2. The van der Waals surface area contributed by atoms with E-state index < -0.39 is 29.0 Å². The molecule has 0 saturated carbocycles. The third-order valence-electron chi connectivity index (χ3n) is 7.22. The van der Waals surface area contributed by atoms with Gasteiger partial charge in [-0.2, -0.15) is 5.26 Å². The van der Waals surface area contributed by atoms with E-state index in [0.717, 1.165) is 11.0 Å². The Morgan fingerprint density at radius 3 is 2.64 bits per heavy atom. The predicted octanol–water partition coefficient (Wildman–Crippen LogP) is 5.78. The number of ether oxygens (including phenoxy) is 1. The van der Waals surface area contributed by atoms with Crippen molar-refractivity contribution in [3.63, 3.8) is 0 Å². The van der Waals surface area contributed by atoms with E-state index in [-0.39, 0.29) is 35.2 Å². The van der Waals surface area contributed by atoms with E-state index >= 15 is 0 Å². The molecule has 1 saturated heterocycles. The molecule has 1 fully saturated rings. The number of fused-ring (bicyclic) bond motifs is 2. The van der Waals surface area contributed by atoms with Crippen LogP contribution in [0.1, 0.15) is 12.0 Å². The Hall–Kier alpha value is -4.47. The molecule has 13 heteroatoms. The van der Waals surface area contributed by atoms with E-state index in [0.29, 0.717) is 32.9 Å². The lowest BCUT2D eigenvalue weighted by atomic mass is 10.0. The van der Waals surface area contributed by atoms with Crippen LogP contribution in [0, 0.1) is 23.0 Å². The number of hydrogen-bond acceptors (Lipinski definition) is 7. The van der Waals surface area contributed by atoms with Gasteiger partial charge in [0.15, 0.2) is 11.6 Å². The van der Waals surface area contributed by atoms with Gasteiger partial charge in [0.05, 0.1) is 54.3 Å². The minimum absolute atomic E-state index is 0.0120. The number of imide groups is 1. The fourth-order valence-electron chi connectivity index (χ4n) is 5.25. The zero-order chi connectivity index (χ0) is 29.7. The van der Waals surface area contributed by atoms with Crippen LogP contribution in [0.4, 0.5) is 19.3 Å². The number of hydrogen-bond donors (Lipinski definition) is 0.